The van der Waals surface area contributed by atoms with E-state index in [0.717, 1.165) is 11.7 Å². The summed E-state index contributed by atoms with van der Waals surface area (Å²) in [6.45, 7) is 2.78. The van der Waals surface area contributed by atoms with Crippen LogP contribution in [0.3, 0.4) is 0 Å². The van der Waals surface area contributed by atoms with Gasteiger partial charge in [0, 0.05) is 17.6 Å². The molecule has 0 aliphatic heterocycles. The van der Waals surface area contributed by atoms with Crippen LogP contribution in [0, 0.1) is 6.92 Å². The first-order valence-electron chi connectivity index (χ1n) is 6.67. The summed E-state index contributed by atoms with van der Waals surface area (Å²) in [5.74, 6) is 2.09. The van der Waals surface area contributed by atoms with Crippen LogP contribution in [0.2, 0.25) is 0 Å². The number of aryl methyl sites for hydroxylation is 1. The molecule has 1 aromatic carbocycles. The van der Waals surface area contributed by atoms with E-state index in [1.165, 1.54) is 29.3 Å². The number of fused-ring (bicyclic) bond motifs is 1. The van der Waals surface area contributed by atoms with Crippen molar-refractivity contribution in [2.45, 2.75) is 32.2 Å². The SMILES string of the molecule is Cc1ccc2c(ccn2Cc2noc(C3CC3)n2)c1. The maximum absolute atomic E-state index is 5.29. The van der Waals surface area contributed by atoms with Gasteiger partial charge in [-0.1, -0.05) is 16.8 Å². The molecular weight excluding hydrogens is 238 g/mol. The molecule has 96 valence electrons. The van der Waals surface area contributed by atoms with Crippen molar-refractivity contribution in [2.24, 2.45) is 0 Å². The molecule has 1 fully saturated rings. The Morgan fingerprint density at radius 2 is 2.21 bits per heavy atom. The lowest BCUT2D eigenvalue weighted by atomic mass is 10.2. The smallest absolute Gasteiger partial charge is 0.229 e. The average molecular weight is 253 g/mol. The summed E-state index contributed by atoms with van der Waals surface area (Å²) in [4.78, 5) is 4.47. The molecule has 3 aromatic rings. The summed E-state index contributed by atoms with van der Waals surface area (Å²) in [6, 6.07) is 8.60. The van der Waals surface area contributed by atoms with Gasteiger partial charge in [0.25, 0.3) is 0 Å². The summed E-state index contributed by atoms with van der Waals surface area (Å²) in [5, 5.41) is 5.33. The van der Waals surface area contributed by atoms with Crippen LogP contribution >= 0.6 is 0 Å². The van der Waals surface area contributed by atoms with Crippen LogP contribution in [0.1, 0.15) is 36.0 Å². The van der Waals surface area contributed by atoms with Crippen molar-refractivity contribution in [3.8, 4) is 0 Å². The predicted octanol–water partition coefficient (Wildman–Crippen LogP) is 3.26. The van der Waals surface area contributed by atoms with Crippen molar-refractivity contribution in [2.75, 3.05) is 0 Å². The van der Waals surface area contributed by atoms with Crippen molar-refractivity contribution in [1.29, 1.82) is 0 Å². The Bertz CT molecular complexity index is 737. The Morgan fingerprint density at radius 1 is 1.32 bits per heavy atom. The maximum Gasteiger partial charge on any atom is 0.229 e. The quantitative estimate of drug-likeness (QED) is 0.719. The molecule has 2 aromatic heterocycles. The third-order valence-electron chi connectivity index (χ3n) is 3.65. The van der Waals surface area contributed by atoms with E-state index in [2.05, 4.69) is 52.1 Å². The van der Waals surface area contributed by atoms with Crippen molar-refractivity contribution < 1.29 is 4.52 Å². The average Bonchev–Trinajstić information content (AvgIpc) is 3.03. The number of rotatable bonds is 3. The largest absolute Gasteiger partial charge is 0.340 e. The molecule has 0 N–H and O–H groups in total. The highest BCUT2D eigenvalue weighted by Gasteiger charge is 2.29. The van der Waals surface area contributed by atoms with Crippen LogP contribution in [-0.2, 0) is 6.54 Å². The summed E-state index contributed by atoms with van der Waals surface area (Å²) in [5.41, 5.74) is 2.49. The molecule has 1 aliphatic rings. The van der Waals surface area contributed by atoms with Gasteiger partial charge in [-0.3, -0.25) is 0 Å². The molecule has 1 aliphatic carbocycles. The van der Waals surface area contributed by atoms with E-state index in [1.54, 1.807) is 0 Å². The lowest BCUT2D eigenvalue weighted by Gasteiger charge is -2.01. The highest BCUT2D eigenvalue weighted by molar-refractivity contribution is 5.80. The first kappa shape index (κ1) is 10.8. The van der Waals surface area contributed by atoms with Gasteiger partial charge in [0.1, 0.15) is 0 Å². The van der Waals surface area contributed by atoms with Gasteiger partial charge in [-0.25, -0.2) is 0 Å². The highest BCUT2D eigenvalue weighted by Crippen LogP contribution is 2.38. The Labute approximate surface area is 111 Å². The normalized spacial score (nSPS) is 15.2. The molecule has 19 heavy (non-hydrogen) atoms. The van der Waals surface area contributed by atoms with E-state index >= 15 is 0 Å². The minimum atomic E-state index is 0.519. The van der Waals surface area contributed by atoms with Crippen molar-refractivity contribution >= 4 is 10.9 Å². The monoisotopic (exact) mass is 253 g/mol. The van der Waals surface area contributed by atoms with Gasteiger partial charge in [-0.2, -0.15) is 4.98 Å². The van der Waals surface area contributed by atoms with Gasteiger partial charge in [0.15, 0.2) is 5.82 Å². The molecular formula is C15H15N3O. The lowest BCUT2D eigenvalue weighted by molar-refractivity contribution is 0.373. The van der Waals surface area contributed by atoms with Gasteiger partial charge >= 0.3 is 0 Å². The van der Waals surface area contributed by atoms with E-state index < -0.39 is 0 Å². The molecule has 0 unspecified atom stereocenters. The molecule has 0 atom stereocenters. The topological polar surface area (TPSA) is 43.9 Å². The zero-order chi connectivity index (χ0) is 12.8. The van der Waals surface area contributed by atoms with Gasteiger partial charge in [0.2, 0.25) is 5.89 Å². The summed E-state index contributed by atoms with van der Waals surface area (Å²) < 4.78 is 7.46. The van der Waals surface area contributed by atoms with E-state index in [1.807, 2.05) is 0 Å². The molecule has 0 amide bonds. The fourth-order valence-electron chi connectivity index (χ4n) is 2.44. The molecule has 0 spiro atoms. The van der Waals surface area contributed by atoms with Crippen molar-refractivity contribution in [1.82, 2.24) is 14.7 Å². The standard InChI is InChI=1S/C15H15N3O/c1-10-2-5-13-12(8-10)6-7-18(13)9-14-16-15(19-17-14)11-3-4-11/h2,5-8,11H,3-4,9H2,1H3. The zero-order valence-corrected chi connectivity index (χ0v) is 10.8. The third-order valence-corrected chi connectivity index (χ3v) is 3.65. The van der Waals surface area contributed by atoms with E-state index in [4.69, 9.17) is 4.52 Å². The zero-order valence-electron chi connectivity index (χ0n) is 10.8. The van der Waals surface area contributed by atoms with Crippen molar-refractivity contribution in [3.63, 3.8) is 0 Å². The van der Waals surface area contributed by atoms with Gasteiger partial charge in [-0.15, -0.1) is 0 Å². The Hall–Kier alpha value is -2.10. The van der Waals surface area contributed by atoms with Gasteiger partial charge < -0.3 is 9.09 Å². The summed E-state index contributed by atoms with van der Waals surface area (Å²) >= 11 is 0. The Balaban J connectivity index is 1.66. The molecule has 2 heterocycles. The lowest BCUT2D eigenvalue weighted by Crippen LogP contribution is -1.99. The Kier molecular flexibility index (Phi) is 2.24. The van der Waals surface area contributed by atoms with E-state index in [-0.39, 0.29) is 0 Å². The van der Waals surface area contributed by atoms with E-state index in [0.29, 0.717) is 12.5 Å². The first-order valence-corrected chi connectivity index (χ1v) is 6.67. The number of nitrogens with zero attached hydrogens (tertiary/aromatic N) is 3. The van der Waals surface area contributed by atoms with Crippen molar-refractivity contribution in [3.05, 3.63) is 47.7 Å². The number of hydrogen-bond acceptors (Lipinski definition) is 3. The number of hydrogen-bond donors (Lipinski definition) is 0. The maximum atomic E-state index is 5.29. The first-order chi connectivity index (χ1) is 9.29. The fourth-order valence-corrected chi connectivity index (χ4v) is 2.44. The highest BCUT2D eigenvalue weighted by atomic mass is 16.5. The molecule has 0 radical (unpaired) electrons. The summed E-state index contributed by atoms with van der Waals surface area (Å²) in [6.07, 6.45) is 4.46. The fraction of sp³-hybridized carbons (Fsp3) is 0.333. The minimum absolute atomic E-state index is 0.519. The van der Waals surface area contributed by atoms with Crippen LogP contribution < -0.4 is 0 Å². The number of benzene rings is 1. The molecule has 4 nitrogen and oxygen atoms in total. The number of aromatic nitrogens is 3. The minimum Gasteiger partial charge on any atom is -0.340 e. The van der Waals surface area contributed by atoms with E-state index in [9.17, 15) is 0 Å². The second-order valence-corrected chi connectivity index (χ2v) is 5.33. The molecule has 4 rings (SSSR count). The third kappa shape index (κ3) is 1.93. The van der Waals surface area contributed by atoms with Gasteiger partial charge in [-0.05, 0) is 43.4 Å². The van der Waals surface area contributed by atoms with Crippen LogP contribution in [-0.4, -0.2) is 14.7 Å². The second-order valence-electron chi connectivity index (χ2n) is 5.33. The van der Waals surface area contributed by atoms with Crippen LogP contribution in [0.15, 0.2) is 35.0 Å². The molecule has 0 saturated heterocycles. The van der Waals surface area contributed by atoms with Crippen LogP contribution in [0.4, 0.5) is 0 Å². The molecule has 1 saturated carbocycles. The Morgan fingerprint density at radius 3 is 3.05 bits per heavy atom. The predicted molar refractivity (Wildman–Crippen MR) is 72.1 cm³/mol. The van der Waals surface area contributed by atoms with Crippen LogP contribution in [0.5, 0.6) is 0 Å². The molecule has 4 heteroatoms. The summed E-state index contributed by atoms with van der Waals surface area (Å²) in [7, 11) is 0. The molecule has 0 bridgehead atoms. The van der Waals surface area contributed by atoms with Crippen LogP contribution in [0.25, 0.3) is 10.9 Å². The second kappa shape index (κ2) is 3.95. The van der Waals surface area contributed by atoms with Gasteiger partial charge in [0.05, 0.1) is 6.54 Å².